The summed E-state index contributed by atoms with van der Waals surface area (Å²) < 4.78 is 4.82. The molecule has 0 heterocycles. The van der Waals surface area contributed by atoms with Crippen LogP contribution >= 0.6 is 0 Å². The van der Waals surface area contributed by atoms with Crippen molar-refractivity contribution in [3.8, 4) is 11.1 Å². The number of esters is 1. The minimum atomic E-state index is -0.748. The monoisotopic (exact) mass is 498 g/mol. The van der Waals surface area contributed by atoms with Crippen molar-refractivity contribution >= 4 is 12.0 Å². The highest BCUT2D eigenvalue weighted by Crippen LogP contribution is 2.40. The van der Waals surface area contributed by atoms with E-state index in [1.54, 1.807) is 0 Å². The quantitative estimate of drug-likeness (QED) is 0.272. The summed E-state index contributed by atoms with van der Waals surface area (Å²) in [6.07, 6.45) is 7.69. The molecule has 0 spiro atoms. The molecular formula is C34H42O3. The molecule has 0 radical (unpaired) electrons. The first-order valence-electron chi connectivity index (χ1n) is 13.5. The van der Waals surface area contributed by atoms with Crippen LogP contribution < -0.4 is 0 Å². The van der Waals surface area contributed by atoms with Gasteiger partial charge < -0.3 is 9.84 Å². The summed E-state index contributed by atoms with van der Waals surface area (Å²) in [6.45, 7) is 10.7. The zero-order valence-corrected chi connectivity index (χ0v) is 23.3. The molecule has 0 saturated carbocycles. The number of carbonyl (C=O) groups excluding carboxylic acids is 1. The zero-order valence-electron chi connectivity index (χ0n) is 23.3. The van der Waals surface area contributed by atoms with Gasteiger partial charge in [0.1, 0.15) is 0 Å². The van der Waals surface area contributed by atoms with Gasteiger partial charge in [-0.2, -0.15) is 0 Å². The van der Waals surface area contributed by atoms with E-state index < -0.39 is 5.60 Å². The summed E-state index contributed by atoms with van der Waals surface area (Å²) in [7, 11) is 1.42. The number of ether oxygens (including phenoxy) is 1. The first-order chi connectivity index (χ1) is 17.7. The van der Waals surface area contributed by atoms with E-state index in [0.717, 1.165) is 35.1 Å². The lowest BCUT2D eigenvalue weighted by atomic mass is 9.70. The molecule has 0 aliphatic rings. The molecule has 3 aromatic rings. The Morgan fingerprint density at radius 1 is 0.838 bits per heavy atom. The number of aryl methyl sites for hydroxylation is 1. The molecule has 3 aromatic carbocycles. The maximum atomic E-state index is 11.7. The van der Waals surface area contributed by atoms with Crippen LogP contribution in [-0.2, 0) is 21.4 Å². The Balaban J connectivity index is 1.92. The van der Waals surface area contributed by atoms with Crippen LogP contribution in [0.4, 0.5) is 0 Å². The lowest BCUT2D eigenvalue weighted by Crippen LogP contribution is -2.26. The second kappa shape index (κ2) is 12.4. The van der Waals surface area contributed by atoms with Crippen molar-refractivity contribution < 1.29 is 14.6 Å². The van der Waals surface area contributed by atoms with Crippen molar-refractivity contribution in [1.29, 1.82) is 0 Å². The van der Waals surface area contributed by atoms with E-state index in [1.165, 1.54) is 23.8 Å². The zero-order chi connectivity index (χ0) is 27.1. The van der Waals surface area contributed by atoms with Gasteiger partial charge in [0.05, 0.1) is 19.1 Å². The van der Waals surface area contributed by atoms with Gasteiger partial charge in [-0.3, -0.25) is 4.79 Å². The largest absolute Gasteiger partial charge is 0.469 e. The topological polar surface area (TPSA) is 46.5 Å². The van der Waals surface area contributed by atoms with Crippen LogP contribution in [0.2, 0.25) is 0 Å². The average molecular weight is 499 g/mol. The Hall–Kier alpha value is -3.17. The molecule has 0 unspecified atom stereocenters. The molecule has 0 aliphatic heterocycles. The molecule has 0 aromatic heterocycles. The summed E-state index contributed by atoms with van der Waals surface area (Å²) >= 11 is 0. The highest BCUT2D eigenvalue weighted by atomic mass is 16.5. The van der Waals surface area contributed by atoms with Crippen LogP contribution in [0.15, 0.2) is 72.8 Å². The number of methoxy groups -OCH3 is 1. The van der Waals surface area contributed by atoms with Crippen molar-refractivity contribution in [1.82, 2.24) is 0 Å². The van der Waals surface area contributed by atoms with Gasteiger partial charge in [0.15, 0.2) is 0 Å². The Kier molecular flexibility index (Phi) is 9.50. The van der Waals surface area contributed by atoms with Gasteiger partial charge in [-0.1, -0.05) is 107 Å². The summed E-state index contributed by atoms with van der Waals surface area (Å²) in [5.74, 6) is -0.230. The fourth-order valence-corrected chi connectivity index (χ4v) is 5.21. The molecule has 3 rings (SSSR count). The fourth-order valence-electron chi connectivity index (χ4n) is 5.21. The van der Waals surface area contributed by atoms with E-state index in [4.69, 9.17) is 4.74 Å². The van der Waals surface area contributed by atoms with E-state index in [1.807, 2.05) is 32.1 Å². The molecule has 3 heteroatoms. The molecule has 0 saturated heterocycles. The highest BCUT2D eigenvalue weighted by Gasteiger charge is 2.31. The first kappa shape index (κ1) is 28.4. The third-order valence-corrected chi connectivity index (χ3v) is 8.10. The average Bonchev–Trinajstić information content (AvgIpc) is 2.93. The van der Waals surface area contributed by atoms with E-state index in [-0.39, 0.29) is 17.8 Å². The van der Waals surface area contributed by atoms with Gasteiger partial charge in [0.2, 0.25) is 0 Å². The van der Waals surface area contributed by atoms with Crippen LogP contribution in [0.3, 0.4) is 0 Å². The summed E-state index contributed by atoms with van der Waals surface area (Å²) in [6, 6.07) is 23.7. The predicted molar refractivity (Wildman–Crippen MR) is 155 cm³/mol. The third-order valence-electron chi connectivity index (χ3n) is 8.10. The van der Waals surface area contributed by atoms with Crippen LogP contribution in [0, 0.1) is 6.92 Å². The lowest BCUT2D eigenvalue weighted by molar-refractivity contribution is -0.139. The van der Waals surface area contributed by atoms with Gasteiger partial charge in [-0.05, 0) is 71.6 Å². The first-order valence-corrected chi connectivity index (χ1v) is 13.5. The van der Waals surface area contributed by atoms with Gasteiger partial charge in [0.25, 0.3) is 0 Å². The van der Waals surface area contributed by atoms with E-state index in [2.05, 4.69) is 81.4 Å². The lowest BCUT2D eigenvalue weighted by Gasteiger charge is -2.34. The van der Waals surface area contributed by atoms with Crippen LogP contribution in [0.5, 0.6) is 0 Å². The number of rotatable bonds is 11. The van der Waals surface area contributed by atoms with Gasteiger partial charge in [-0.15, -0.1) is 0 Å². The number of benzene rings is 3. The highest BCUT2D eigenvalue weighted by molar-refractivity contribution is 5.74. The van der Waals surface area contributed by atoms with Crippen LogP contribution in [0.25, 0.3) is 17.2 Å². The molecule has 0 atom stereocenters. The van der Waals surface area contributed by atoms with Crippen LogP contribution in [-0.4, -0.2) is 23.8 Å². The summed E-state index contributed by atoms with van der Waals surface area (Å²) in [5, 5.41) is 10.7. The summed E-state index contributed by atoms with van der Waals surface area (Å²) in [4.78, 5) is 11.7. The number of aliphatic hydroxyl groups is 1. The SMILES string of the molecule is CCC(O)(C=Cc1ccc(C(CC)(CC)c2ccc(-c3cccc(CC(=O)OC)c3)cc2)cc1C)CC. The molecule has 3 nitrogen and oxygen atoms in total. The predicted octanol–water partition coefficient (Wildman–Crippen LogP) is 8.05. The van der Waals surface area contributed by atoms with Crippen molar-refractivity contribution in [2.45, 2.75) is 77.7 Å². The molecular weight excluding hydrogens is 456 g/mol. The Bertz CT molecular complexity index is 1210. The minimum Gasteiger partial charge on any atom is -0.469 e. The third kappa shape index (κ3) is 6.40. The van der Waals surface area contributed by atoms with E-state index in [0.29, 0.717) is 12.8 Å². The molecule has 0 aliphatic carbocycles. The van der Waals surface area contributed by atoms with Gasteiger partial charge in [-0.25, -0.2) is 0 Å². The normalized spacial score (nSPS) is 12.2. The molecule has 1 N–H and O–H groups in total. The summed E-state index contributed by atoms with van der Waals surface area (Å²) in [5.41, 5.74) is 7.34. The van der Waals surface area contributed by atoms with Crippen molar-refractivity contribution in [3.05, 3.63) is 101 Å². The van der Waals surface area contributed by atoms with Crippen LogP contribution in [0.1, 0.15) is 81.2 Å². The molecule has 0 bridgehead atoms. The Morgan fingerprint density at radius 3 is 2.05 bits per heavy atom. The van der Waals surface area contributed by atoms with E-state index in [9.17, 15) is 9.90 Å². The Morgan fingerprint density at radius 2 is 1.49 bits per heavy atom. The Labute approximate surface area is 223 Å². The maximum absolute atomic E-state index is 11.7. The second-order valence-electron chi connectivity index (χ2n) is 10.0. The van der Waals surface area contributed by atoms with E-state index >= 15 is 0 Å². The van der Waals surface area contributed by atoms with Gasteiger partial charge >= 0.3 is 5.97 Å². The minimum absolute atomic E-state index is 0.0775. The molecule has 0 fully saturated rings. The fraction of sp³-hybridized carbons (Fsp3) is 0.382. The van der Waals surface area contributed by atoms with Crippen molar-refractivity contribution in [2.75, 3.05) is 7.11 Å². The second-order valence-corrected chi connectivity index (χ2v) is 10.0. The molecule has 0 amide bonds. The van der Waals surface area contributed by atoms with Gasteiger partial charge in [0, 0.05) is 5.41 Å². The standard InChI is InChI=1S/C34H42O3/c1-7-33(36,8-2)21-20-27-14-19-31(22-25(27)5)34(9-3,10-4)30-17-15-28(16-18-30)29-13-11-12-26(23-29)24-32(35)37-6/h11-23,36H,7-10,24H2,1-6H3. The molecule has 196 valence electrons. The number of carbonyl (C=O) groups is 1. The smallest absolute Gasteiger partial charge is 0.309 e. The van der Waals surface area contributed by atoms with Crippen molar-refractivity contribution in [3.63, 3.8) is 0 Å². The van der Waals surface area contributed by atoms with Crippen molar-refractivity contribution in [2.24, 2.45) is 0 Å². The number of hydrogen-bond acceptors (Lipinski definition) is 3. The maximum Gasteiger partial charge on any atom is 0.309 e. The number of hydrogen-bond donors (Lipinski definition) is 1. The molecule has 37 heavy (non-hydrogen) atoms.